The van der Waals surface area contributed by atoms with Gasteiger partial charge in [-0.2, -0.15) is 0 Å². The number of allylic oxidation sites excluding steroid dienone is 1. The Morgan fingerprint density at radius 2 is 1.50 bits per heavy atom. The van der Waals surface area contributed by atoms with Gasteiger partial charge in [-0.05, 0) is 24.7 Å². The van der Waals surface area contributed by atoms with Gasteiger partial charge in [0, 0.05) is 0 Å². The van der Waals surface area contributed by atoms with Gasteiger partial charge in [0.2, 0.25) is 0 Å². The molecule has 1 aliphatic carbocycles. The zero-order valence-corrected chi connectivity index (χ0v) is 8.27. The van der Waals surface area contributed by atoms with Crippen LogP contribution in [0.15, 0.2) is 12.7 Å². The molecule has 0 saturated heterocycles. The normalized spacial score (nSPS) is 27.6. The van der Waals surface area contributed by atoms with Crippen LogP contribution in [0.5, 0.6) is 0 Å². The summed E-state index contributed by atoms with van der Waals surface area (Å²) in [5.41, 5.74) is 0. The highest BCUT2D eigenvalue weighted by molar-refractivity contribution is 4.82. The first-order chi connectivity index (χ1) is 5.33. The fourth-order valence-electron chi connectivity index (χ4n) is 1.52. The zero-order chi connectivity index (χ0) is 8.69. The van der Waals surface area contributed by atoms with E-state index in [1.165, 1.54) is 25.7 Å². The van der Waals surface area contributed by atoms with Crippen molar-refractivity contribution in [2.45, 2.75) is 53.9 Å². The Kier molecular flexibility index (Phi) is 10.5. The van der Waals surface area contributed by atoms with Crippen LogP contribution >= 0.6 is 0 Å². The van der Waals surface area contributed by atoms with E-state index in [1.807, 2.05) is 13.8 Å². The van der Waals surface area contributed by atoms with Crippen molar-refractivity contribution in [3.05, 3.63) is 12.7 Å². The molecule has 0 heteroatoms. The summed E-state index contributed by atoms with van der Waals surface area (Å²) in [6, 6.07) is 0. The summed E-state index contributed by atoms with van der Waals surface area (Å²) in [5.74, 6) is 1.81. The smallest absolute Gasteiger partial charge is 0.0236 e. The third-order valence-corrected chi connectivity index (χ3v) is 2.39. The van der Waals surface area contributed by atoms with Crippen LogP contribution in [0.3, 0.4) is 0 Å². The van der Waals surface area contributed by atoms with Gasteiger partial charge >= 0.3 is 0 Å². The summed E-state index contributed by atoms with van der Waals surface area (Å²) < 4.78 is 0. The lowest BCUT2D eigenvalue weighted by molar-refractivity contribution is 0.331. The predicted octanol–water partition coefficient (Wildman–Crippen LogP) is 4.66. The maximum Gasteiger partial charge on any atom is -0.0236 e. The van der Waals surface area contributed by atoms with E-state index in [1.54, 1.807) is 0 Å². The van der Waals surface area contributed by atoms with Gasteiger partial charge in [-0.25, -0.2) is 0 Å². The van der Waals surface area contributed by atoms with Crippen molar-refractivity contribution >= 4 is 0 Å². The largest absolute Gasteiger partial charge is 0.103 e. The van der Waals surface area contributed by atoms with E-state index in [0.29, 0.717) is 0 Å². The minimum atomic E-state index is 0. The molecule has 0 atom stereocenters. The summed E-state index contributed by atoms with van der Waals surface area (Å²) in [4.78, 5) is 0. The van der Waals surface area contributed by atoms with Gasteiger partial charge in [-0.1, -0.05) is 47.1 Å². The van der Waals surface area contributed by atoms with E-state index < -0.39 is 0 Å². The van der Waals surface area contributed by atoms with Crippen molar-refractivity contribution in [1.29, 1.82) is 0 Å². The Morgan fingerprint density at radius 1 is 1.08 bits per heavy atom. The maximum absolute atomic E-state index is 3.81. The van der Waals surface area contributed by atoms with E-state index in [2.05, 4.69) is 19.6 Å². The standard InChI is InChI=1S/C9H16.C2H6.CH4/c1-3-9-6-4-8(2)5-7-9;1-2;/h3,8-9H,1,4-7H2,2H3;1-2H3;1H4. The molecule has 0 unspecified atom stereocenters. The second kappa shape index (κ2) is 8.83. The molecule has 1 saturated carbocycles. The molecule has 12 heavy (non-hydrogen) atoms. The molecule has 0 amide bonds. The van der Waals surface area contributed by atoms with Crippen molar-refractivity contribution in [1.82, 2.24) is 0 Å². The molecule has 0 spiro atoms. The Morgan fingerprint density at radius 3 is 1.83 bits per heavy atom. The number of rotatable bonds is 1. The molecule has 1 fully saturated rings. The van der Waals surface area contributed by atoms with Gasteiger partial charge in [0.25, 0.3) is 0 Å². The SMILES string of the molecule is C.C=CC1CCC(C)CC1.CC. The Labute approximate surface area is 79.1 Å². The molecular weight excluding hydrogens is 144 g/mol. The third-order valence-electron chi connectivity index (χ3n) is 2.39. The lowest BCUT2D eigenvalue weighted by Crippen LogP contribution is -2.09. The maximum atomic E-state index is 3.81. The quantitative estimate of drug-likeness (QED) is 0.502. The van der Waals surface area contributed by atoms with Gasteiger partial charge in [-0.15, -0.1) is 6.58 Å². The summed E-state index contributed by atoms with van der Waals surface area (Å²) in [5, 5.41) is 0. The summed E-state index contributed by atoms with van der Waals surface area (Å²) in [6.07, 6.45) is 7.70. The van der Waals surface area contributed by atoms with E-state index in [-0.39, 0.29) is 7.43 Å². The molecule has 0 bridgehead atoms. The van der Waals surface area contributed by atoms with E-state index in [9.17, 15) is 0 Å². The number of hydrogen-bond acceptors (Lipinski definition) is 0. The zero-order valence-electron chi connectivity index (χ0n) is 8.27. The predicted molar refractivity (Wildman–Crippen MR) is 59.4 cm³/mol. The first kappa shape index (κ1) is 14.3. The molecule has 0 N–H and O–H groups in total. The van der Waals surface area contributed by atoms with Crippen molar-refractivity contribution in [3.63, 3.8) is 0 Å². The van der Waals surface area contributed by atoms with Crippen molar-refractivity contribution < 1.29 is 0 Å². The van der Waals surface area contributed by atoms with Gasteiger partial charge in [0.1, 0.15) is 0 Å². The Balaban J connectivity index is 0. The van der Waals surface area contributed by atoms with Crippen LogP contribution in [0.2, 0.25) is 0 Å². The van der Waals surface area contributed by atoms with Crippen molar-refractivity contribution in [2.75, 3.05) is 0 Å². The van der Waals surface area contributed by atoms with Crippen LogP contribution in [-0.2, 0) is 0 Å². The van der Waals surface area contributed by atoms with Crippen LogP contribution < -0.4 is 0 Å². The summed E-state index contributed by atoms with van der Waals surface area (Å²) in [7, 11) is 0. The fourth-order valence-corrected chi connectivity index (χ4v) is 1.52. The van der Waals surface area contributed by atoms with Gasteiger partial charge in [-0.3, -0.25) is 0 Å². The van der Waals surface area contributed by atoms with E-state index >= 15 is 0 Å². The molecule has 0 nitrogen and oxygen atoms in total. The second-order valence-electron chi connectivity index (χ2n) is 3.26. The average Bonchev–Trinajstić information content (AvgIpc) is 2.10. The molecule has 0 aliphatic heterocycles. The highest BCUT2D eigenvalue weighted by Gasteiger charge is 2.14. The molecule has 0 radical (unpaired) electrons. The lowest BCUT2D eigenvalue weighted by atomic mass is 9.83. The summed E-state index contributed by atoms with van der Waals surface area (Å²) >= 11 is 0. The highest BCUT2D eigenvalue weighted by atomic mass is 14.2. The van der Waals surface area contributed by atoms with E-state index in [0.717, 1.165) is 11.8 Å². The lowest BCUT2D eigenvalue weighted by Gasteiger charge is -2.23. The minimum absolute atomic E-state index is 0. The molecule has 1 aliphatic rings. The first-order valence-electron chi connectivity index (χ1n) is 4.95. The van der Waals surface area contributed by atoms with Gasteiger partial charge in [0.05, 0.1) is 0 Å². The second-order valence-corrected chi connectivity index (χ2v) is 3.26. The Hall–Kier alpha value is -0.260. The van der Waals surface area contributed by atoms with Crippen molar-refractivity contribution in [2.24, 2.45) is 11.8 Å². The third kappa shape index (κ3) is 5.40. The molecule has 0 aromatic rings. The van der Waals surface area contributed by atoms with Crippen LogP contribution in [-0.4, -0.2) is 0 Å². The monoisotopic (exact) mass is 170 g/mol. The molecule has 0 heterocycles. The fraction of sp³-hybridized carbons (Fsp3) is 0.833. The van der Waals surface area contributed by atoms with Crippen LogP contribution in [0.4, 0.5) is 0 Å². The topological polar surface area (TPSA) is 0 Å². The Bertz CT molecular complexity index is 86.2. The molecule has 0 aromatic carbocycles. The first-order valence-corrected chi connectivity index (χ1v) is 4.95. The van der Waals surface area contributed by atoms with E-state index in [4.69, 9.17) is 0 Å². The van der Waals surface area contributed by atoms with Crippen LogP contribution in [0.1, 0.15) is 53.9 Å². The van der Waals surface area contributed by atoms with Crippen molar-refractivity contribution in [3.8, 4) is 0 Å². The molecule has 0 aromatic heterocycles. The van der Waals surface area contributed by atoms with Gasteiger partial charge in [0.15, 0.2) is 0 Å². The van der Waals surface area contributed by atoms with Crippen LogP contribution in [0, 0.1) is 11.8 Å². The number of hydrogen-bond donors (Lipinski definition) is 0. The highest BCUT2D eigenvalue weighted by Crippen LogP contribution is 2.28. The minimum Gasteiger partial charge on any atom is -0.103 e. The van der Waals surface area contributed by atoms with Crippen LogP contribution in [0.25, 0.3) is 0 Å². The summed E-state index contributed by atoms with van der Waals surface area (Å²) in [6.45, 7) is 10.2. The molecule has 1 rings (SSSR count). The molecular formula is C12H26. The van der Waals surface area contributed by atoms with Gasteiger partial charge < -0.3 is 0 Å². The molecule has 74 valence electrons. The average molecular weight is 170 g/mol.